The Kier molecular flexibility index (Phi) is 6.70. The summed E-state index contributed by atoms with van der Waals surface area (Å²) < 4.78 is 0. The zero-order valence-corrected chi connectivity index (χ0v) is 20.5. The van der Waals surface area contributed by atoms with E-state index in [2.05, 4.69) is 35.8 Å². The lowest BCUT2D eigenvalue weighted by atomic mass is 9.98. The van der Waals surface area contributed by atoms with E-state index < -0.39 is 0 Å². The summed E-state index contributed by atoms with van der Waals surface area (Å²) in [7, 11) is 0. The zero-order chi connectivity index (χ0) is 24.9. The van der Waals surface area contributed by atoms with Crippen LogP contribution >= 0.6 is 0 Å². The van der Waals surface area contributed by atoms with Gasteiger partial charge in [0, 0.05) is 73.7 Å². The Morgan fingerprint density at radius 2 is 1.69 bits per heavy atom. The van der Waals surface area contributed by atoms with Crippen molar-refractivity contribution in [2.75, 3.05) is 16.3 Å². The topological polar surface area (TPSA) is 95.7 Å². The number of fused-ring (bicyclic) bond motifs is 4. The summed E-state index contributed by atoms with van der Waals surface area (Å²) in [5, 5.41) is 0. The first-order valence-electron chi connectivity index (χ1n) is 12.0. The van der Waals surface area contributed by atoms with Crippen molar-refractivity contribution in [1.82, 2.24) is 24.9 Å². The molecule has 1 atom stereocenters. The molecular formula is C27H27N9. The standard InChI is InChI=1S/C25H21N9.C2H6/c1-17-30-24(33-12-2-7-26-8-3-18-14-28-10-5-22(18)33)32-25(31-17)34-20-4-9-27-15-19(13-20)21-16-29-11-6-23(21)34;1-2/h2,4-11,13-16,20H,3,12H2,1H3;1-2H3/b7-2-,26-8?;. The Balaban J connectivity index is 0.00000130. The highest BCUT2D eigenvalue weighted by molar-refractivity contribution is 6.14. The second-order valence-corrected chi connectivity index (χ2v) is 8.01. The van der Waals surface area contributed by atoms with Gasteiger partial charge in [-0.1, -0.05) is 13.8 Å². The Labute approximate surface area is 210 Å². The lowest BCUT2D eigenvalue weighted by Gasteiger charge is -2.34. The molecule has 0 aliphatic carbocycles. The van der Waals surface area contributed by atoms with Crippen LogP contribution < -0.4 is 9.80 Å². The lowest BCUT2D eigenvalue weighted by molar-refractivity contribution is 0.834. The average Bonchev–Trinajstić information content (AvgIpc) is 3.05. The van der Waals surface area contributed by atoms with Crippen LogP contribution in [0.5, 0.6) is 0 Å². The van der Waals surface area contributed by atoms with Crippen molar-refractivity contribution in [3.8, 4) is 0 Å². The molecule has 0 N–H and O–H groups in total. The summed E-state index contributed by atoms with van der Waals surface area (Å²) in [6.07, 6.45) is 21.5. The second kappa shape index (κ2) is 10.4. The summed E-state index contributed by atoms with van der Waals surface area (Å²) in [6.45, 7) is 6.46. The van der Waals surface area contributed by atoms with Gasteiger partial charge in [-0.05, 0) is 42.8 Å². The van der Waals surface area contributed by atoms with Crippen LogP contribution in [0.1, 0.15) is 30.8 Å². The summed E-state index contributed by atoms with van der Waals surface area (Å²) in [6, 6.07) is 3.90. The summed E-state index contributed by atoms with van der Waals surface area (Å²) in [4.78, 5) is 36.0. The minimum atomic E-state index is -0.0811. The summed E-state index contributed by atoms with van der Waals surface area (Å²) in [5.74, 6) is 1.77. The van der Waals surface area contributed by atoms with Gasteiger partial charge >= 0.3 is 0 Å². The Hall–Kier alpha value is -4.53. The van der Waals surface area contributed by atoms with Crippen LogP contribution in [-0.4, -0.2) is 49.9 Å². The highest BCUT2D eigenvalue weighted by atomic mass is 15.4. The van der Waals surface area contributed by atoms with Gasteiger partial charge in [0.15, 0.2) is 0 Å². The van der Waals surface area contributed by atoms with Crippen molar-refractivity contribution >= 4 is 41.3 Å². The van der Waals surface area contributed by atoms with Crippen LogP contribution in [0.3, 0.4) is 0 Å². The minimum Gasteiger partial charge on any atom is -0.306 e. The number of aromatic nitrogens is 5. The van der Waals surface area contributed by atoms with Crippen molar-refractivity contribution in [2.45, 2.75) is 33.2 Å². The van der Waals surface area contributed by atoms with Gasteiger partial charge in [0.2, 0.25) is 11.9 Å². The smallest absolute Gasteiger partial charge is 0.235 e. The second-order valence-electron chi connectivity index (χ2n) is 8.01. The van der Waals surface area contributed by atoms with Crippen molar-refractivity contribution in [2.24, 2.45) is 9.98 Å². The molecule has 0 aromatic carbocycles. The van der Waals surface area contributed by atoms with Crippen LogP contribution in [0.25, 0.3) is 5.57 Å². The van der Waals surface area contributed by atoms with E-state index in [1.165, 1.54) is 0 Å². The van der Waals surface area contributed by atoms with E-state index in [1.54, 1.807) is 18.6 Å². The molecule has 3 aliphatic rings. The molecule has 9 heteroatoms. The van der Waals surface area contributed by atoms with E-state index in [-0.39, 0.29) is 6.04 Å². The molecule has 0 fully saturated rings. The number of rotatable bonds is 2. The minimum absolute atomic E-state index is 0.0811. The normalized spacial score (nSPS) is 18.4. The maximum atomic E-state index is 4.97. The number of nitrogens with zero attached hydrogens (tertiary/aromatic N) is 9. The largest absolute Gasteiger partial charge is 0.306 e. The van der Waals surface area contributed by atoms with Crippen molar-refractivity contribution in [1.29, 1.82) is 0 Å². The fraction of sp³-hybridized carbons (Fsp3) is 0.222. The molecule has 9 nitrogen and oxygen atoms in total. The van der Waals surface area contributed by atoms with Crippen LogP contribution in [0, 0.1) is 6.92 Å². The molecule has 3 aromatic rings. The quantitative estimate of drug-likeness (QED) is 0.524. The predicted molar refractivity (Wildman–Crippen MR) is 144 cm³/mol. The van der Waals surface area contributed by atoms with E-state index in [4.69, 9.17) is 15.0 Å². The average molecular weight is 478 g/mol. The van der Waals surface area contributed by atoms with Gasteiger partial charge in [0.25, 0.3) is 0 Å². The van der Waals surface area contributed by atoms with E-state index in [9.17, 15) is 0 Å². The molecule has 36 heavy (non-hydrogen) atoms. The molecule has 0 radical (unpaired) electrons. The highest BCUT2D eigenvalue weighted by Crippen LogP contribution is 2.38. The molecular weight excluding hydrogens is 450 g/mol. The van der Waals surface area contributed by atoms with E-state index in [0.29, 0.717) is 30.7 Å². The van der Waals surface area contributed by atoms with E-state index >= 15 is 0 Å². The molecule has 180 valence electrons. The van der Waals surface area contributed by atoms with Crippen LogP contribution in [0.4, 0.5) is 23.3 Å². The number of aliphatic imine (C=N–C) groups is 2. The first kappa shape index (κ1) is 23.2. The monoisotopic (exact) mass is 477 g/mol. The molecule has 3 aliphatic heterocycles. The van der Waals surface area contributed by atoms with Crippen molar-refractivity contribution in [3.05, 3.63) is 84.5 Å². The maximum Gasteiger partial charge on any atom is 0.235 e. The first-order valence-corrected chi connectivity index (χ1v) is 12.0. The number of pyridine rings is 2. The van der Waals surface area contributed by atoms with E-state index in [0.717, 1.165) is 28.1 Å². The van der Waals surface area contributed by atoms with E-state index in [1.807, 2.05) is 76.1 Å². The number of aryl methyl sites for hydroxylation is 1. The van der Waals surface area contributed by atoms with Crippen molar-refractivity contribution in [3.63, 3.8) is 0 Å². The molecule has 0 saturated carbocycles. The lowest BCUT2D eigenvalue weighted by Crippen LogP contribution is -2.34. The molecule has 2 bridgehead atoms. The first-order chi connectivity index (χ1) is 17.8. The van der Waals surface area contributed by atoms with Gasteiger partial charge in [-0.15, -0.1) is 0 Å². The van der Waals surface area contributed by atoms with Gasteiger partial charge in [-0.3, -0.25) is 24.9 Å². The third kappa shape index (κ3) is 4.43. The third-order valence-electron chi connectivity index (χ3n) is 5.85. The molecule has 3 aromatic heterocycles. The Bertz CT molecular complexity index is 1400. The predicted octanol–water partition coefficient (Wildman–Crippen LogP) is 4.78. The van der Waals surface area contributed by atoms with Gasteiger partial charge < -0.3 is 4.90 Å². The number of hydrogen-bond acceptors (Lipinski definition) is 9. The van der Waals surface area contributed by atoms with Crippen LogP contribution in [0.2, 0.25) is 0 Å². The zero-order valence-electron chi connectivity index (χ0n) is 20.5. The Morgan fingerprint density at radius 1 is 0.889 bits per heavy atom. The molecule has 0 spiro atoms. The SMILES string of the molecule is CC.Cc1nc(N2C/C=C\N=CCc3cnccc32)nc(N2c3ccncc3C3=CC2C=CN=C3)n1. The van der Waals surface area contributed by atoms with Crippen LogP contribution in [-0.2, 0) is 6.42 Å². The fourth-order valence-corrected chi connectivity index (χ4v) is 4.32. The molecule has 0 amide bonds. The van der Waals surface area contributed by atoms with Crippen molar-refractivity contribution < 1.29 is 0 Å². The number of anilines is 4. The fourth-order valence-electron chi connectivity index (χ4n) is 4.32. The molecule has 1 unspecified atom stereocenters. The molecule has 6 rings (SSSR count). The Morgan fingerprint density at radius 3 is 2.58 bits per heavy atom. The molecule has 0 saturated heterocycles. The summed E-state index contributed by atoms with van der Waals surface area (Å²) in [5.41, 5.74) is 5.06. The van der Waals surface area contributed by atoms with Gasteiger partial charge in [-0.25, -0.2) is 0 Å². The molecule has 6 heterocycles. The van der Waals surface area contributed by atoms with Gasteiger partial charge in [0.05, 0.1) is 17.4 Å². The van der Waals surface area contributed by atoms with Gasteiger partial charge in [-0.2, -0.15) is 15.0 Å². The van der Waals surface area contributed by atoms with Gasteiger partial charge in [0.1, 0.15) is 5.82 Å². The van der Waals surface area contributed by atoms with Crippen LogP contribution in [0.15, 0.2) is 77.5 Å². The maximum absolute atomic E-state index is 4.97. The third-order valence-corrected chi connectivity index (χ3v) is 5.85. The summed E-state index contributed by atoms with van der Waals surface area (Å²) >= 11 is 0. The number of allylic oxidation sites excluding steroid dienone is 1. The number of hydrogen-bond donors (Lipinski definition) is 0. The highest BCUT2D eigenvalue weighted by Gasteiger charge is 2.30.